The zero-order valence-electron chi connectivity index (χ0n) is 37.4. The average molecular weight is 891 g/mol. The maximum Gasteiger partial charge on any atom is 0.261 e. The van der Waals surface area contributed by atoms with Gasteiger partial charge in [-0.3, -0.25) is 29.0 Å². The maximum absolute atomic E-state index is 12.6. The van der Waals surface area contributed by atoms with Crippen LogP contribution in [0, 0.1) is 0 Å². The number of carbonyl (C=O) groups excluding carboxylic acids is 4. The molecule has 0 saturated carbocycles. The molecule has 4 rings (SSSR count). The summed E-state index contributed by atoms with van der Waals surface area (Å²) in [7, 11) is 0. The van der Waals surface area contributed by atoms with Gasteiger partial charge >= 0.3 is 0 Å². The number of alkyl halides is 1. The molecule has 0 N–H and O–H groups in total. The van der Waals surface area contributed by atoms with Crippen LogP contribution in [0.4, 0.5) is 0 Å². The van der Waals surface area contributed by atoms with Gasteiger partial charge in [0.2, 0.25) is 0 Å². The Kier molecular flexibility index (Phi) is 25.8. The minimum atomic E-state index is -0.128. The molecule has 2 aromatic rings. The maximum atomic E-state index is 12.6. The third kappa shape index (κ3) is 18.2. The van der Waals surface area contributed by atoms with Crippen LogP contribution < -0.4 is 0 Å². The largest absolute Gasteiger partial charge is 0.303 e. The molecule has 2 aromatic carbocycles. The molecular formula is C52H80BrN3O4. The summed E-state index contributed by atoms with van der Waals surface area (Å²) in [6.45, 7) is 4.87. The van der Waals surface area contributed by atoms with Gasteiger partial charge < -0.3 is 4.90 Å². The van der Waals surface area contributed by atoms with Crippen molar-refractivity contribution in [2.45, 2.75) is 193 Å². The standard InChI is InChI=1S/C52H80BrN3O4/c53-39-29-19-13-7-1-2-8-14-20-30-40-54(41-31-21-15-9-3-5-11-17-23-33-43-55-49(57)45-35-25-26-36-46(45)50(55)58)42-32-22-16-10-4-6-12-18-24-34-44-56-51(59)47-37-27-28-38-48(47)52(56)60/h25-28,35-38H,1-24,29-34,39-44H2. The van der Waals surface area contributed by atoms with E-state index < -0.39 is 0 Å². The number of hydrogen-bond donors (Lipinski definition) is 0. The van der Waals surface area contributed by atoms with Crippen molar-refractivity contribution in [2.24, 2.45) is 0 Å². The number of hydrogen-bond acceptors (Lipinski definition) is 5. The zero-order chi connectivity index (χ0) is 42.5. The van der Waals surface area contributed by atoms with Gasteiger partial charge in [-0.05, 0) is 82.4 Å². The Labute approximate surface area is 373 Å². The van der Waals surface area contributed by atoms with E-state index in [0.717, 1.165) is 31.0 Å². The second-order valence-electron chi connectivity index (χ2n) is 17.8. The average Bonchev–Trinajstić information content (AvgIpc) is 3.65. The molecule has 0 bridgehead atoms. The summed E-state index contributed by atoms with van der Waals surface area (Å²) in [6.07, 6.45) is 38.6. The first-order valence-electron chi connectivity index (χ1n) is 24.7. The fourth-order valence-corrected chi connectivity index (χ4v) is 9.50. The quantitative estimate of drug-likeness (QED) is 0.0381. The predicted molar refractivity (Wildman–Crippen MR) is 252 cm³/mol. The topological polar surface area (TPSA) is 78.0 Å². The van der Waals surface area contributed by atoms with E-state index in [2.05, 4.69) is 20.8 Å². The van der Waals surface area contributed by atoms with Gasteiger partial charge in [-0.25, -0.2) is 0 Å². The number of halogens is 1. The lowest BCUT2D eigenvalue weighted by Gasteiger charge is -2.22. The van der Waals surface area contributed by atoms with Crippen LogP contribution in [0.3, 0.4) is 0 Å². The molecule has 60 heavy (non-hydrogen) atoms. The summed E-state index contributed by atoms with van der Waals surface area (Å²) in [5, 5.41) is 1.15. The number of imide groups is 2. The molecule has 0 aromatic heterocycles. The smallest absolute Gasteiger partial charge is 0.261 e. The molecule has 0 atom stereocenters. The summed E-state index contributed by atoms with van der Waals surface area (Å²) in [5.74, 6) is -0.513. The molecule has 2 aliphatic rings. The molecule has 0 saturated heterocycles. The van der Waals surface area contributed by atoms with Crippen LogP contribution in [0.2, 0.25) is 0 Å². The van der Waals surface area contributed by atoms with Crippen LogP contribution in [0.5, 0.6) is 0 Å². The van der Waals surface area contributed by atoms with E-state index in [9.17, 15) is 19.2 Å². The number of carbonyl (C=O) groups is 4. The normalized spacial score (nSPS) is 13.7. The highest BCUT2D eigenvalue weighted by Crippen LogP contribution is 2.25. The van der Waals surface area contributed by atoms with Crippen LogP contribution >= 0.6 is 15.9 Å². The van der Waals surface area contributed by atoms with E-state index in [4.69, 9.17) is 0 Å². The van der Waals surface area contributed by atoms with Gasteiger partial charge in [0.15, 0.2) is 0 Å². The van der Waals surface area contributed by atoms with E-state index in [1.165, 1.54) is 196 Å². The van der Waals surface area contributed by atoms with Crippen molar-refractivity contribution in [1.29, 1.82) is 0 Å². The first kappa shape index (κ1) is 49.8. The monoisotopic (exact) mass is 890 g/mol. The Morgan fingerprint density at radius 2 is 0.533 bits per heavy atom. The van der Waals surface area contributed by atoms with Crippen molar-refractivity contribution < 1.29 is 19.2 Å². The first-order chi connectivity index (χ1) is 29.5. The third-order valence-electron chi connectivity index (χ3n) is 12.8. The highest BCUT2D eigenvalue weighted by Gasteiger charge is 2.35. The lowest BCUT2D eigenvalue weighted by molar-refractivity contribution is 0.0636. The van der Waals surface area contributed by atoms with Crippen LogP contribution in [-0.4, -0.2) is 76.4 Å². The number of nitrogens with zero attached hydrogens (tertiary/aromatic N) is 3. The van der Waals surface area contributed by atoms with E-state index in [0.29, 0.717) is 35.3 Å². The molecule has 0 fully saturated rings. The Bertz CT molecular complexity index is 1360. The number of fused-ring (bicyclic) bond motifs is 2. The highest BCUT2D eigenvalue weighted by molar-refractivity contribution is 9.09. The molecule has 334 valence electrons. The van der Waals surface area contributed by atoms with Gasteiger partial charge in [0.1, 0.15) is 0 Å². The third-order valence-corrected chi connectivity index (χ3v) is 13.4. The SMILES string of the molecule is O=C1c2ccccc2C(=O)N1CCCCCCCCCCCCN(CCCCCCCCCCCCBr)CCCCCCCCCCCCN1C(=O)c2ccccc2C1=O. The highest BCUT2D eigenvalue weighted by atomic mass is 79.9. The van der Waals surface area contributed by atoms with Crippen molar-refractivity contribution in [2.75, 3.05) is 38.1 Å². The summed E-state index contributed by atoms with van der Waals surface area (Å²) in [6, 6.07) is 14.4. The predicted octanol–water partition coefficient (Wildman–Crippen LogP) is 14.0. The summed E-state index contributed by atoms with van der Waals surface area (Å²) in [4.78, 5) is 55.9. The van der Waals surface area contributed by atoms with Crippen molar-refractivity contribution in [3.8, 4) is 0 Å². The lowest BCUT2D eigenvalue weighted by atomic mass is 10.0. The summed E-state index contributed by atoms with van der Waals surface area (Å²) in [5.41, 5.74) is 2.22. The van der Waals surface area contributed by atoms with Gasteiger partial charge in [-0.15, -0.1) is 0 Å². The number of unbranched alkanes of at least 4 members (excludes halogenated alkanes) is 27. The number of rotatable bonds is 38. The van der Waals surface area contributed by atoms with Gasteiger partial charge in [0.05, 0.1) is 22.3 Å². The van der Waals surface area contributed by atoms with Crippen molar-refractivity contribution in [1.82, 2.24) is 14.7 Å². The van der Waals surface area contributed by atoms with Crippen LogP contribution in [0.15, 0.2) is 48.5 Å². The Balaban J connectivity index is 0.971. The molecular weight excluding hydrogens is 810 g/mol. The Morgan fingerprint density at radius 1 is 0.317 bits per heavy atom. The van der Waals surface area contributed by atoms with E-state index in [-0.39, 0.29) is 23.6 Å². The molecule has 0 spiro atoms. The van der Waals surface area contributed by atoms with E-state index >= 15 is 0 Å². The lowest BCUT2D eigenvalue weighted by Crippen LogP contribution is -2.30. The first-order valence-corrected chi connectivity index (χ1v) is 25.8. The molecule has 2 aliphatic heterocycles. The molecule has 0 radical (unpaired) electrons. The second kappa shape index (κ2) is 31.1. The molecule has 2 heterocycles. The van der Waals surface area contributed by atoms with Gasteiger partial charge in [0.25, 0.3) is 23.6 Å². The summed E-state index contributed by atoms with van der Waals surface area (Å²) >= 11 is 3.54. The fraction of sp³-hybridized carbons (Fsp3) is 0.692. The molecule has 8 heteroatoms. The van der Waals surface area contributed by atoms with Crippen LogP contribution in [-0.2, 0) is 0 Å². The van der Waals surface area contributed by atoms with Gasteiger partial charge in [0, 0.05) is 18.4 Å². The minimum Gasteiger partial charge on any atom is -0.303 e. The summed E-state index contributed by atoms with van der Waals surface area (Å²) < 4.78 is 0. The van der Waals surface area contributed by atoms with Crippen LogP contribution in [0.1, 0.15) is 234 Å². The molecule has 0 aliphatic carbocycles. The Hall–Kier alpha value is -2.84. The van der Waals surface area contributed by atoms with E-state index in [1.54, 1.807) is 24.3 Å². The van der Waals surface area contributed by atoms with Crippen LogP contribution in [0.25, 0.3) is 0 Å². The minimum absolute atomic E-state index is 0.128. The van der Waals surface area contributed by atoms with Crippen molar-refractivity contribution in [3.05, 3.63) is 70.8 Å². The van der Waals surface area contributed by atoms with E-state index in [1.807, 2.05) is 24.3 Å². The molecule has 7 nitrogen and oxygen atoms in total. The number of amides is 4. The van der Waals surface area contributed by atoms with Crippen molar-refractivity contribution >= 4 is 39.6 Å². The molecule has 4 amide bonds. The number of benzene rings is 2. The molecule has 0 unspecified atom stereocenters. The Morgan fingerprint density at radius 3 is 0.783 bits per heavy atom. The van der Waals surface area contributed by atoms with Crippen molar-refractivity contribution in [3.63, 3.8) is 0 Å². The zero-order valence-corrected chi connectivity index (χ0v) is 39.0. The van der Waals surface area contributed by atoms with Gasteiger partial charge in [-0.2, -0.15) is 0 Å². The second-order valence-corrected chi connectivity index (χ2v) is 18.5. The van der Waals surface area contributed by atoms with Gasteiger partial charge in [-0.1, -0.05) is 194 Å². The fourth-order valence-electron chi connectivity index (χ4n) is 9.10.